The van der Waals surface area contributed by atoms with Gasteiger partial charge in [0.15, 0.2) is 0 Å². The van der Waals surface area contributed by atoms with Crippen LogP contribution in [0.3, 0.4) is 0 Å². The average molecular weight is 319 g/mol. The van der Waals surface area contributed by atoms with Crippen molar-refractivity contribution in [3.8, 4) is 0 Å². The van der Waals surface area contributed by atoms with Crippen LogP contribution in [-0.4, -0.2) is 24.0 Å². The Balaban J connectivity index is 2.10. The number of aromatic nitrogens is 1. The fourth-order valence-corrected chi connectivity index (χ4v) is 2.23. The molecular formula is C11H13BrClN3O. The van der Waals surface area contributed by atoms with E-state index in [2.05, 4.69) is 31.5 Å². The molecule has 0 saturated carbocycles. The summed E-state index contributed by atoms with van der Waals surface area (Å²) in [7, 11) is 0. The molecule has 1 fully saturated rings. The Morgan fingerprint density at radius 2 is 2.47 bits per heavy atom. The van der Waals surface area contributed by atoms with E-state index in [1.165, 1.54) is 0 Å². The van der Waals surface area contributed by atoms with Crippen LogP contribution >= 0.6 is 27.5 Å². The second-order valence-electron chi connectivity index (χ2n) is 4.44. The van der Waals surface area contributed by atoms with Crippen molar-refractivity contribution in [2.24, 2.45) is 5.41 Å². The van der Waals surface area contributed by atoms with E-state index in [0.717, 1.165) is 13.0 Å². The molecule has 1 aliphatic heterocycles. The number of pyridine rings is 1. The number of carbonyl (C=O) groups is 1. The van der Waals surface area contributed by atoms with Gasteiger partial charge >= 0.3 is 0 Å². The van der Waals surface area contributed by atoms with Gasteiger partial charge in [0.1, 0.15) is 5.15 Å². The Labute approximate surface area is 113 Å². The Hall–Kier alpha value is -0.650. The van der Waals surface area contributed by atoms with Crippen LogP contribution in [0.2, 0.25) is 5.15 Å². The van der Waals surface area contributed by atoms with E-state index in [9.17, 15) is 4.79 Å². The highest BCUT2D eigenvalue weighted by Crippen LogP contribution is 2.28. The highest BCUT2D eigenvalue weighted by Gasteiger charge is 2.36. The largest absolute Gasteiger partial charge is 0.324 e. The minimum absolute atomic E-state index is 0.0125. The molecule has 6 heteroatoms. The lowest BCUT2D eigenvalue weighted by Gasteiger charge is -2.21. The predicted octanol–water partition coefficient (Wildman–Crippen LogP) is 2.44. The third-order valence-electron chi connectivity index (χ3n) is 2.97. The predicted molar refractivity (Wildman–Crippen MR) is 71.2 cm³/mol. The standard InChI is InChI=1S/C11H13BrClN3O/c1-11(2-3-14-6-11)10(17)16-7-4-8(12)9(13)15-5-7/h4-5,14H,2-3,6H2,1H3,(H,16,17). The van der Waals surface area contributed by atoms with Crippen molar-refractivity contribution < 1.29 is 4.79 Å². The topological polar surface area (TPSA) is 54.0 Å². The van der Waals surface area contributed by atoms with Gasteiger partial charge < -0.3 is 10.6 Å². The zero-order valence-electron chi connectivity index (χ0n) is 9.39. The molecular weight excluding hydrogens is 305 g/mol. The molecule has 1 atom stereocenters. The van der Waals surface area contributed by atoms with Crippen LogP contribution in [0.5, 0.6) is 0 Å². The van der Waals surface area contributed by atoms with Gasteiger partial charge in [0.2, 0.25) is 5.91 Å². The third-order valence-corrected chi connectivity index (χ3v) is 4.10. The van der Waals surface area contributed by atoms with Crippen LogP contribution in [0.15, 0.2) is 16.7 Å². The van der Waals surface area contributed by atoms with Gasteiger partial charge in [-0.1, -0.05) is 11.6 Å². The normalized spacial score (nSPS) is 23.7. The van der Waals surface area contributed by atoms with E-state index in [0.29, 0.717) is 21.9 Å². The van der Waals surface area contributed by atoms with Crippen molar-refractivity contribution in [3.05, 3.63) is 21.9 Å². The number of nitrogens with zero attached hydrogens (tertiary/aromatic N) is 1. The van der Waals surface area contributed by atoms with Crippen molar-refractivity contribution in [1.29, 1.82) is 0 Å². The molecule has 0 bridgehead atoms. The molecule has 1 aromatic heterocycles. The maximum Gasteiger partial charge on any atom is 0.231 e. The first-order valence-corrected chi connectivity index (χ1v) is 6.52. The summed E-state index contributed by atoms with van der Waals surface area (Å²) in [6.07, 6.45) is 2.40. The summed E-state index contributed by atoms with van der Waals surface area (Å²) in [5.74, 6) is 0.0125. The first-order chi connectivity index (χ1) is 8.01. The molecule has 1 saturated heterocycles. The van der Waals surface area contributed by atoms with Crippen molar-refractivity contribution in [3.63, 3.8) is 0 Å². The number of anilines is 1. The lowest BCUT2D eigenvalue weighted by molar-refractivity contribution is -0.123. The maximum atomic E-state index is 12.1. The monoisotopic (exact) mass is 317 g/mol. The molecule has 0 spiro atoms. The van der Waals surface area contributed by atoms with Gasteiger partial charge in [-0.15, -0.1) is 0 Å². The molecule has 0 aliphatic carbocycles. The van der Waals surface area contributed by atoms with E-state index < -0.39 is 0 Å². The van der Waals surface area contributed by atoms with Crippen LogP contribution in [-0.2, 0) is 4.79 Å². The first-order valence-electron chi connectivity index (χ1n) is 5.34. The van der Waals surface area contributed by atoms with Crippen molar-refractivity contribution >= 4 is 39.1 Å². The fourth-order valence-electron chi connectivity index (χ4n) is 1.78. The summed E-state index contributed by atoms with van der Waals surface area (Å²) < 4.78 is 0.673. The van der Waals surface area contributed by atoms with E-state index >= 15 is 0 Å². The maximum absolute atomic E-state index is 12.1. The zero-order chi connectivity index (χ0) is 12.5. The molecule has 2 rings (SSSR count). The van der Waals surface area contributed by atoms with Crippen molar-refractivity contribution in [1.82, 2.24) is 10.3 Å². The fraction of sp³-hybridized carbons (Fsp3) is 0.455. The number of hydrogen-bond acceptors (Lipinski definition) is 3. The molecule has 4 nitrogen and oxygen atoms in total. The second kappa shape index (κ2) is 4.92. The molecule has 0 aromatic carbocycles. The molecule has 1 unspecified atom stereocenters. The summed E-state index contributed by atoms with van der Waals surface area (Å²) in [5, 5.41) is 6.44. The van der Waals surface area contributed by atoms with Crippen LogP contribution in [0.4, 0.5) is 5.69 Å². The molecule has 1 amide bonds. The van der Waals surface area contributed by atoms with E-state index in [1.54, 1.807) is 12.3 Å². The molecule has 1 aliphatic rings. The van der Waals surface area contributed by atoms with Gasteiger partial charge in [-0.3, -0.25) is 4.79 Å². The molecule has 0 radical (unpaired) electrons. The van der Waals surface area contributed by atoms with Crippen molar-refractivity contribution in [2.75, 3.05) is 18.4 Å². The summed E-state index contributed by atoms with van der Waals surface area (Å²) in [5.41, 5.74) is 0.311. The summed E-state index contributed by atoms with van der Waals surface area (Å²) >= 11 is 9.07. The molecule has 17 heavy (non-hydrogen) atoms. The third kappa shape index (κ3) is 2.78. The summed E-state index contributed by atoms with van der Waals surface area (Å²) in [4.78, 5) is 16.1. The molecule has 92 valence electrons. The number of carbonyl (C=O) groups excluding carboxylic acids is 1. The number of hydrogen-bond donors (Lipinski definition) is 2. The Bertz CT molecular complexity index is 446. The summed E-state index contributed by atoms with van der Waals surface area (Å²) in [6.45, 7) is 3.55. The number of nitrogens with one attached hydrogen (secondary N) is 2. The van der Waals surface area contributed by atoms with Gasteiger partial charge in [0.05, 0.1) is 21.8 Å². The molecule has 2 heterocycles. The minimum atomic E-state index is -0.341. The van der Waals surface area contributed by atoms with Crippen molar-refractivity contribution in [2.45, 2.75) is 13.3 Å². The van der Waals surface area contributed by atoms with Crippen LogP contribution < -0.4 is 10.6 Å². The van der Waals surface area contributed by atoms with Gasteiger partial charge in [-0.2, -0.15) is 0 Å². The number of amides is 1. The highest BCUT2D eigenvalue weighted by atomic mass is 79.9. The van der Waals surface area contributed by atoms with E-state index in [4.69, 9.17) is 11.6 Å². The zero-order valence-corrected chi connectivity index (χ0v) is 11.7. The lowest BCUT2D eigenvalue weighted by Crippen LogP contribution is -2.35. The molecule has 2 N–H and O–H groups in total. The Kier molecular flexibility index (Phi) is 3.70. The second-order valence-corrected chi connectivity index (χ2v) is 5.65. The van der Waals surface area contributed by atoms with Gasteiger partial charge in [-0.25, -0.2) is 4.98 Å². The van der Waals surface area contributed by atoms with E-state index in [1.807, 2.05) is 6.92 Å². The SMILES string of the molecule is CC1(C(=O)Nc2cnc(Cl)c(Br)c2)CCNC1. The summed E-state index contributed by atoms with van der Waals surface area (Å²) in [6, 6.07) is 1.75. The first kappa shape index (κ1) is 12.8. The highest BCUT2D eigenvalue weighted by molar-refractivity contribution is 9.10. The Morgan fingerprint density at radius 3 is 3.06 bits per heavy atom. The van der Waals surface area contributed by atoms with Gasteiger partial charge in [0, 0.05) is 6.54 Å². The van der Waals surface area contributed by atoms with E-state index in [-0.39, 0.29) is 11.3 Å². The Morgan fingerprint density at radius 1 is 1.71 bits per heavy atom. The quantitative estimate of drug-likeness (QED) is 0.824. The van der Waals surface area contributed by atoms with Crippen LogP contribution in [0, 0.1) is 5.41 Å². The average Bonchev–Trinajstić information content (AvgIpc) is 2.72. The number of halogens is 2. The van der Waals surface area contributed by atoms with Gasteiger partial charge in [0.25, 0.3) is 0 Å². The number of rotatable bonds is 2. The van der Waals surface area contributed by atoms with Gasteiger partial charge in [-0.05, 0) is 41.9 Å². The smallest absolute Gasteiger partial charge is 0.231 e. The molecule has 1 aromatic rings. The van der Waals surface area contributed by atoms with Crippen LogP contribution in [0.1, 0.15) is 13.3 Å². The minimum Gasteiger partial charge on any atom is -0.324 e. The van der Waals surface area contributed by atoms with Crippen LogP contribution in [0.25, 0.3) is 0 Å². The lowest BCUT2D eigenvalue weighted by atomic mass is 9.89.